The van der Waals surface area contributed by atoms with Crippen molar-refractivity contribution in [1.82, 2.24) is 0 Å². The van der Waals surface area contributed by atoms with Gasteiger partial charge in [0.05, 0.1) is 0 Å². The zero-order valence-electron chi connectivity index (χ0n) is 7.00. The second-order valence-corrected chi connectivity index (χ2v) is 2.56. The molecule has 0 spiro atoms. The number of benzene rings is 1. The zero-order valence-corrected chi connectivity index (χ0v) is 7.00. The van der Waals surface area contributed by atoms with Crippen molar-refractivity contribution in [2.24, 2.45) is 5.73 Å². The summed E-state index contributed by atoms with van der Waals surface area (Å²) >= 11 is 0. The Labute approximate surface area is 78.5 Å². The van der Waals surface area contributed by atoms with Gasteiger partial charge in [0.1, 0.15) is 5.82 Å². The van der Waals surface area contributed by atoms with Crippen LogP contribution in [0.4, 0.5) is 8.78 Å². The topological polar surface area (TPSA) is 63.3 Å². The van der Waals surface area contributed by atoms with Gasteiger partial charge >= 0.3 is 0 Å². The van der Waals surface area contributed by atoms with Crippen LogP contribution in [-0.4, -0.2) is 11.0 Å². The summed E-state index contributed by atoms with van der Waals surface area (Å²) in [6.07, 6.45) is 1.93. The minimum atomic E-state index is -1.09. The third-order valence-corrected chi connectivity index (χ3v) is 1.48. The van der Waals surface area contributed by atoms with E-state index in [9.17, 15) is 13.6 Å². The molecule has 0 aromatic heterocycles. The Bertz CT molecular complexity index is 402. The number of rotatable bonds is 2. The van der Waals surface area contributed by atoms with E-state index in [1.807, 2.05) is 0 Å². The standard InChI is InChI=1S/C9H7F2NO2/c10-6-3-5(1-2-8(12)13)9(14)7(11)4-6/h1-4,14H,(H2,12,13). The third kappa shape index (κ3) is 2.29. The lowest BCUT2D eigenvalue weighted by Gasteiger charge is -2.00. The quantitative estimate of drug-likeness (QED) is 0.702. The number of halogens is 2. The van der Waals surface area contributed by atoms with E-state index >= 15 is 0 Å². The summed E-state index contributed by atoms with van der Waals surface area (Å²) in [7, 11) is 0. The van der Waals surface area contributed by atoms with Crippen molar-refractivity contribution in [2.45, 2.75) is 0 Å². The first-order valence-electron chi connectivity index (χ1n) is 3.66. The summed E-state index contributed by atoms with van der Waals surface area (Å²) in [6.45, 7) is 0. The first-order chi connectivity index (χ1) is 6.50. The largest absolute Gasteiger partial charge is 0.504 e. The molecule has 0 heterocycles. The number of carbonyl (C=O) groups excluding carboxylic acids is 1. The van der Waals surface area contributed by atoms with Gasteiger partial charge in [0.15, 0.2) is 11.6 Å². The molecule has 0 atom stereocenters. The van der Waals surface area contributed by atoms with Crippen molar-refractivity contribution in [3.8, 4) is 5.75 Å². The summed E-state index contributed by atoms with van der Waals surface area (Å²) in [4.78, 5) is 10.3. The summed E-state index contributed by atoms with van der Waals surface area (Å²) in [5.74, 6) is -3.42. The first kappa shape index (κ1) is 10.2. The average molecular weight is 199 g/mol. The molecule has 0 aliphatic rings. The predicted molar refractivity (Wildman–Crippen MR) is 46.3 cm³/mol. The number of hydrogen-bond donors (Lipinski definition) is 2. The first-order valence-corrected chi connectivity index (χ1v) is 3.66. The van der Waals surface area contributed by atoms with Crippen molar-refractivity contribution in [2.75, 3.05) is 0 Å². The van der Waals surface area contributed by atoms with Crippen molar-refractivity contribution >= 4 is 12.0 Å². The van der Waals surface area contributed by atoms with E-state index in [1.54, 1.807) is 0 Å². The molecule has 3 nitrogen and oxygen atoms in total. The highest BCUT2D eigenvalue weighted by molar-refractivity contribution is 5.90. The van der Waals surface area contributed by atoms with E-state index in [-0.39, 0.29) is 5.56 Å². The van der Waals surface area contributed by atoms with Gasteiger partial charge in [0.2, 0.25) is 5.91 Å². The van der Waals surface area contributed by atoms with Crippen molar-refractivity contribution < 1.29 is 18.7 Å². The minimum absolute atomic E-state index is 0.138. The average Bonchev–Trinajstić information content (AvgIpc) is 2.08. The van der Waals surface area contributed by atoms with Crippen LogP contribution in [-0.2, 0) is 4.79 Å². The molecule has 1 aromatic carbocycles. The van der Waals surface area contributed by atoms with E-state index in [0.717, 1.165) is 18.2 Å². The van der Waals surface area contributed by atoms with Crippen LogP contribution in [0.1, 0.15) is 5.56 Å². The molecular weight excluding hydrogens is 192 g/mol. The van der Waals surface area contributed by atoms with Crippen molar-refractivity contribution in [1.29, 1.82) is 0 Å². The van der Waals surface area contributed by atoms with E-state index in [4.69, 9.17) is 10.8 Å². The molecular formula is C9H7F2NO2. The zero-order chi connectivity index (χ0) is 10.7. The number of phenolic OH excluding ortho intramolecular Hbond substituents is 1. The predicted octanol–water partition coefficient (Wildman–Crippen LogP) is 1.17. The number of amides is 1. The highest BCUT2D eigenvalue weighted by atomic mass is 19.1. The molecule has 74 valence electrons. The Hall–Kier alpha value is -1.91. The number of carbonyl (C=O) groups is 1. The Morgan fingerprint density at radius 2 is 2.07 bits per heavy atom. The molecule has 1 amide bonds. The molecule has 3 N–H and O–H groups in total. The Kier molecular flexibility index (Phi) is 2.81. The lowest BCUT2D eigenvalue weighted by Crippen LogP contribution is -2.05. The van der Waals surface area contributed by atoms with E-state index in [0.29, 0.717) is 6.07 Å². The molecule has 0 bridgehead atoms. The summed E-state index contributed by atoms with van der Waals surface area (Å²) in [6, 6.07) is 1.43. The Morgan fingerprint density at radius 1 is 1.43 bits per heavy atom. The van der Waals surface area contributed by atoms with Gasteiger partial charge < -0.3 is 10.8 Å². The van der Waals surface area contributed by atoms with Gasteiger partial charge in [0, 0.05) is 17.7 Å². The van der Waals surface area contributed by atoms with Gasteiger partial charge in [-0.1, -0.05) is 0 Å². The molecule has 1 rings (SSSR count). The van der Waals surface area contributed by atoms with Crippen LogP contribution >= 0.6 is 0 Å². The summed E-state index contributed by atoms with van der Waals surface area (Å²) in [5.41, 5.74) is 4.63. The second kappa shape index (κ2) is 3.87. The normalized spacial score (nSPS) is 10.7. The van der Waals surface area contributed by atoms with Crippen LogP contribution in [0.5, 0.6) is 5.75 Å². The maximum Gasteiger partial charge on any atom is 0.241 e. The highest BCUT2D eigenvalue weighted by Gasteiger charge is 2.07. The molecule has 0 radical (unpaired) electrons. The number of aromatic hydroxyl groups is 1. The molecule has 0 saturated heterocycles. The lowest BCUT2D eigenvalue weighted by molar-refractivity contribution is -0.113. The molecule has 0 fully saturated rings. The van der Waals surface area contributed by atoms with E-state index in [2.05, 4.69) is 0 Å². The Balaban J connectivity index is 3.14. The molecule has 0 saturated carbocycles. The van der Waals surface area contributed by atoms with Crippen LogP contribution in [0.25, 0.3) is 6.08 Å². The molecule has 0 unspecified atom stereocenters. The maximum atomic E-state index is 12.7. The third-order valence-electron chi connectivity index (χ3n) is 1.48. The Morgan fingerprint density at radius 3 is 2.64 bits per heavy atom. The number of phenols is 1. The highest BCUT2D eigenvalue weighted by Crippen LogP contribution is 2.23. The fraction of sp³-hybridized carbons (Fsp3) is 0. The van der Waals surface area contributed by atoms with E-state index < -0.39 is 23.3 Å². The van der Waals surface area contributed by atoms with Gasteiger partial charge in [-0.15, -0.1) is 0 Å². The van der Waals surface area contributed by atoms with Crippen LogP contribution in [0, 0.1) is 11.6 Å². The smallest absolute Gasteiger partial charge is 0.241 e. The number of primary amides is 1. The molecule has 0 aliphatic heterocycles. The van der Waals surface area contributed by atoms with Gasteiger partial charge in [0.25, 0.3) is 0 Å². The minimum Gasteiger partial charge on any atom is -0.504 e. The van der Waals surface area contributed by atoms with Crippen LogP contribution in [0.15, 0.2) is 18.2 Å². The fourth-order valence-electron chi connectivity index (χ4n) is 0.885. The monoisotopic (exact) mass is 199 g/mol. The maximum absolute atomic E-state index is 12.7. The summed E-state index contributed by atoms with van der Waals surface area (Å²) in [5, 5.41) is 9.09. The van der Waals surface area contributed by atoms with Gasteiger partial charge in [-0.25, -0.2) is 8.78 Å². The van der Waals surface area contributed by atoms with Gasteiger partial charge in [-0.05, 0) is 12.1 Å². The SMILES string of the molecule is NC(=O)C=Cc1cc(F)cc(F)c1O. The van der Waals surface area contributed by atoms with Crippen LogP contribution in [0.2, 0.25) is 0 Å². The van der Waals surface area contributed by atoms with Crippen LogP contribution < -0.4 is 5.73 Å². The van der Waals surface area contributed by atoms with Crippen LogP contribution in [0.3, 0.4) is 0 Å². The summed E-state index contributed by atoms with van der Waals surface area (Å²) < 4.78 is 25.4. The molecule has 0 aliphatic carbocycles. The molecule has 1 aromatic rings. The molecule has 5 heteroatoms. The fourth-order valence-corrected chi connectivity index (χ4v) is 0.885. The lowest BCUT2D eigenvalue weighted by atomic mass is 10.1. The number of nitrogens with two attached hydrogens (primary N) is 1. The van der Waals surface area contributed by atoms with Gasteiger partial charge in [-0.2, -0.15) is 0 Å². The van der Waals surface area contributed by atoms with Crippen molar-refractivity contribution in [3.05, 3.63) is 35.4 Å². The number of hydrogen-bond acceptors (Lipinski definition) is 2. The van der Waals surface area contributed by atoms with E-state index in [1.165, 1.54) is 0 Å². The van der Waals surface area contributed by atoms with Gasteiger partial charge in [-0.3, -0.25) is 4.79 Å². The second-order valence-electron chi connectivity index (χ2n) is 2.56. The van der Waals surface area contributed by atoms with Crippen molar-refractivity contribution in [3.63, 3.8) is 0 Å². The molecule has 14 heavy (non-hydrogen) atoms.